The standard InChI is InChI=1S/C16H23BrN4O2S/c17-13-4-1-2-5-14(13)20-15(22)12-19-16(24)18-6-3-7-21-8-10-23-11-9-21/h1-2,4-5H,3,6-12H2,(H,20,22)(H2,18,19,24). The number of benzene rings is 1. The minimum Gasteiger partial charge on any atom is -0.379 e. The van der Waals surface area contributed by atoms with E-state index in [0.29, 0.717) is 5.11 Å². The quantitative estimate of drug-likeness (QED) is 0.464. The van der Waals surface area contributed by atoms with Gasteiger partial charge < -0.3 is 20.7 Å². The second-order valence-electron chi connectivity index (χ2n) is 5.45. The molecule has 3 N–H and O–H groups in total. The van der Waals surface area contributed by atoms with E-state index in [-0.39, 0.29) is 12.5 Å². The largest absolute Gasteiger partial charge is 0.379 e. The van der Waals surface area contributed by atoms with Gasteiger partial charge in [-0.25, -0.2) is 0 Å². The molecule has 1 saturated heterocycles. The molecule has 1 aliphatic rings. The van der Waals surface area contributed by atoms with Gasteiger partial charge in [0.15, 0.2) is 5.11 Å². The molecule has 0 unspecified atom stereocenters. The summed E-state index contributed by atoms with van der Waals surface area (Å²) in [7, 11) is 0. The lowest BCUT2D eigenvalue weighted by Crippen LogP contribution is -2.41. The highest BCUT2D eigenvalue weighted by atomic mass is 79.9. The summed E-state index contributed by atoms with van der Waals surface area (Å²) in [6, 6.07) is 7.48. The fourth-order valence-corrected chi connectivity index (χ4v) is 2.87. The molecule has 0 atom stereocenters. The lowest BCUT2D eigenvalue weighted by Gasteiger charge is -2.26. The maximum absolute atomic E-state index is 11.9. The summed E-state index contributed by atoms with van der Waals surface area (Å²) < 4.78 is 6.17. The number of rotatable bonds is 7. The van der Waals surface area contributed by atoms with Gasteiger partial charge in [-0.05, 0) is 53.2 Å². The van der Waals surface area contributed by atoms with Gasteiger partial charge in [-0.3, -0.25) is 9.69 Å². The van der Waals surface area contributed by atoms with Crippen LogP contribution in [0.1, 0.15) is 6.42 Å². The zero-order valence-electron chi connectivity index (χ0n) is 13.5. The number of hydrogen-bond acceptors (Lipinski definition) is 4. The van der Waals surface area contributed by atoms with Crippen molar-refractivity contribution in [2.24, 2.45) is 0 Å². The minimum absolute atomic E-state index is 0.136. The summed E-state index contributed by atoms with van der Waals surface area (Å²) in [5.74, 6) is -0.139. The molecule has 1 heterocycles. The van der Waals surface area contributed by atoms with Crippen molar-refractivity contribution in [1.82, 2.24) is 15.5 Å². The Balaban J connectivity index is 1.55. The number of ether oxygens (including phenoxy) is 1. The van der Waals surface area contributed by atoms with Gasteiger partial charge >= 0.3 is 0 Å². The van der Waals surface area contributed by atoms with Gasteiger partial charge in [0.2, 0.25) is 5.91 Å². The zero-order chi connectivity index (χ0) is 17.2. The molecular formula is C16H23BrN4O2S. The molecule has 8 heteroatoms. The van der Waals surface area contributed by atoms with Gasteiger partial charge in [-0.2, -0.15) is 0 Å². The third-order valence-electron chi connectivity index (χ3n) is 3.60. The van der Waals surface area contributed by atoms with Crippen LogP contribution in [-0.4, -0.2) is 61.9 Å². The predicted molar refractivity (Wildman–Crippen MR) is 103 cm³/mol. The second kappa shape index (κ2) is 10.6. The van der Waals surface area contributed by atoms with Crippen molar-refractivity contribution in [3.63, 3.8) is 0 Å². The molecule has 0 saturated carbocycles. The molecule has 0 radical (unpaired) electrons. The molecule has 1 amide bonds. The third kappa shape index (κ3) is 7.12. The number of amides is 1. The van der Waals surface area contributed by atoms with Crippen LogP contribution in [0.15, 0.2) is 28.7 Å². The SMILES string of the molecule is O=C(CNC(=S)NCCCN1CCOCC1)Nc1ccccc1Br. The molecule has 1 fully saturated rings. The van der Waals surface area contributed by atoms with E-state index in [1.807, 2.05) is 24.3 Å². The van der Waals surface area contributed by atoms with E-state index >= 15 is 0 Å². The summed E-state index contributed by atoms with van der Waals surface area (Å²) in [6.45, 7) is 5.59. The summed E-state index contributed by atoms with van der Waals surface area (Å²) in [5, 5.41) is 9.37. The van der Waals surface area contributed by atoms with Gasteiger partial charge in [0.25, 0.3) is 0 Å². The molecule has 1 aromatic carbocycles. The lowest BCUT2D eigenvalue weighted by molar-refractivity contribution is -0.115. The van der Waals surface area contributed by atoms with Crippen molar-refractivity contribution in [2.75, 3.05) is 51.3 Å². The van der Waals surface area contributed by atoms with Crippen LogP contribution in [0.4, 0.5) is 5.69 Å². The molecular weight excluding hydrogens is 392 g/mol. The topological polar surface area (TPSA) is 65.6 Å². The lowest BCUT2D eigenvalue weighted by atomic mass is 10.3. The Morgan fingerprint density at radius 2 is 2.00 bits per heavy atom. The monoisotopic (exact) mass is 414 g/mol. The maximum Gasteiger partial charge on any atom is 0.243 e. The highest BCUT2D eigenvalue weighted by molar-refractivity contribution is 9.10. The van der Waals surface area contributed by atoms with Crippen LogP contribution in [0.3, 0.4) is 0 Å². The van der Waals surface area contributed by atoms with Gasteiger partial charge in [-0.1, -0.05) is 12.1 Å². The fourth-order valence-electron chi connectivity index (χ4n) is 2.31. The Morgan fingerprint density at radius 3 is 2.75 bits per heavy atom. The first-order valence-electron chi connectivity index (χ1n) is 8.01. The Labute approximate surface area is 156 Å². The summed E-state index contributed by atoms with van der Waals surface area (Å²) >= 11 is 8.58. The zero-order valence-corrected chi connectivity index (χ0v) is 15.9. The number of carbonyl (C=O) groups excluding carboxylic acids is 1. The molecule has 1 aromatic rings. The van der Waals surface area contributed by atoms with Crippen LogP contribution in [0.25, 0.3) is 0 Å². The molecule has 1 aliphatic heterocycles. The Morgan fingerprint density at radius 1 is 1.25 bits per heavy atom. The van der Waals surface area contributed by atoms with Crippen molar-refractivity contribution in [1.29, 1.82) is 0 Å². The number of nitrogens with zero attached hydrogens (tertiary/aromatic N) is 1. The number of para-hydroxylation sites is 1. The predicted octanol–water partition coefficient (Wildman–Crippen LogP) is 1.57. The number of nitrogens with one attached hydrogen (secondary N) is 3. The number of carbonyl (C=O) groups is 1. The number of halogens is 1. The number of thiocarbonyl (C=S) groups is 1. The van der Waals surface area contributed by atoms with Crippen molar-refractivity contribution in [3.8, 4) is 0 Å². The van der Waals surface area contributed by atoms with Gasteiger partial charge in [0.1, 0.15) is 0 Å². The number of morpholine rings is 1. The van der Waals surface area contributed by atoms with Crippen LogP contribution in [0, 0.1) is 0 Å². The summed E-state index contributed by atoms with van der Waals surface area (Å²) in [5.41, 5.74) is 0.744. The normalized spacial score (nSPS) is 14.9. The van der Waals surface area contributed by atoms with Crippen LogP contribution in [0.2, 0.25) is 0 Å². The first-order chi connectivity index (χ1) is 11.6. The first kappa shape index (κ1) is 19.1. The molecule has 0 bridgehead atoms. The van der Waals surface area contributed by atoms with E-state index < -0.39 is 0 Å². The Kier molecular flexibility index (Phi) is 8.44. The summed E-state index contributed by atoms with van der Waals surface area (Å²) in [4.78, 5) is 14.3. The molecule has 24 heavy (non-hydrogen) atoms. The van der Waals surface area contributed by atoms with E-state index in [0.717, 1.165) is 56.0 Å². The van der Waals surface area contributed by atoms with E-state index in [1.54, 1.807) is 0 Å². The summed E-state index contributed by atoms with van der Waals surface area (Å²) in [6.07, 6.45) is 1.00. The van der Waals surface area contributed by atoms with Crippen LogP contribution >= 0.6 is 28.1 Å². The van der Waals surface area contributed by atoms with Crippen LogP contribution in [-0.2, 0) is 9.53 Å². The van der Waals surface area contributed by atoms with Gasteiger partial charge in [-0.15, -0.1) is 0 Å². The van der Waals surface area contributed by atoms with E-state index in [1.165, 1.54) is 0 Å². The van der Waals surface area contributed by atoms with Crippen LogP contribution < -0.4 is 16.0 Å². The highest BCUT2D eigenvalue weighted by Crippen LogP contribution is 2.20. The van der Waals surface area contributed by atoms with Crippen molar-refractivity contribution in [3.05, 3.63) is 28.7 Å². The number of hydrogen-bond donors (Lipinski definition) is 3. The van der Waals surface area contributed by atoms with Crippen molar-refractivity contribution in [2.45, 2.75) is 6.42 Å². The average molecular weight is 415 g/mol. The smallest absolute Gasteiger partial charge is 0.243 e. The maximum atomic E-state index is 11.9. The van der Waals surface area contributed by atoms with Gasteiger partial charge in [0, 0.05) is 24.1 Å². The van der Waals surface area contributed by atoms with E-state index in [2.05, 4.69) is 36.8 Å². The van der Waals surface area contributed by atoms with Crippen molar-refractivity contribution >= 4 is 44.9 Å². The molecule has 0 spiro atoms. The van der Waals surface area contributed by atoms with Crippen LogP contribution in [0.5, 0.6) is 0 Å². The van der Waals surface area contributed by atoms with E-state index in [4.69, 9.17) is 17.0 Å². The molecule has 2 rings (SSSR count). The Bertz CT molecular complexity index is 553. The average Bonchev–Trinajstić information content (AvgIpc) is 2.60. The molecule has 6 nitrogen and oxygen atoms in total. The highest BCUT2D eigenvalue weighted by Gasteiger charge is 2.09. The number of anilines is 1. The molecule has 0 aliphatic carbocycles. The minimum atomic E-state index is -0.139. The Hall–Kier alpha value is -1.22. The molecule has 0 aromatic heterocycles. The molecule has 132 valence electrons. The van der Waals surface area contributed by atoms with Crippen molar-refractivity contribution < 1.29 is 9.53 Å². The van der Waals surface area contributed by atoms with E-state index in [9.17, 15) is 4.79 Å². The fraction of sp³-hybridized carbons (Fsp3) is 0.500. The first-order valence-corrected chi connectivity index (χ1v) is 9.21. The van der Waals surface area contributed by atoms with Gasteiger partial charge in [0.05, 0.1) is 25.4 Å². The third-order valence-corrected chi connectivity index (χ3v) is 4.58. The second-order valence-corrected chi connectivity index (χ2v) is 6.71.